The topological polar surface area (TPSA) is 127 Å². The number of halogens is 1. The monoisotopic (exact) mass is 787 g/mol. The van der Waals surface area contributed by atoms with E-state index in [1.807, 2.05) is 80.5 Å². The van der Waals surface area contributed by atoms with Crippen molar-refractivity contribution in [3.63, 3.8) is 0 Å². The number of carbonyl (C=O) groups is 2. The molecular formula is C45H62FN5O6. The van der Waals surface area contributed by atoms with Gasteiger partial charge in [0, 0.05) is 61.0 Å². The number of carbonyl (C=O) groups excluding carboxylic acids is 2. The van der Waals surface area contributed by atoms with Gasteiger partial charge >= 0.3 is 0 Å². The molecule has 1 aliphatic heterocycles. The maximum atomic E-state index is 16.1. The van der Waals surface area contributed by atoms with Crippen molar-refractivity contribution < 1.29 is 33.8 Å². The van der Waals surface area contributed by atoms with Crippen LogP contribution in [0.1, 0.15) is 62.0 Å². The van der Waals surface area contributed by atoms with Crippen molar-refractivity contribution >= 4 is 17.5 Å². The van der Waals surface area contributed by atoms with Crippen molar-refractivity contribution in [2.24, 2.45) is 29.1 Å². The summed E-state index contributed by atoms with van der Waals surface area (Å²) in [5.74, 6) is -0.393. The van der Waals surface area contributed by atoms with Gasteiger partial charge in [0.1, 0.15) is 23.7 Å². The maximum absolute atomic E-state index is 16.1. The molecule has 9 atom stereocenters. The Kier molecular flexibility index (Phi) is 13.0. The van der Waals surface area contributed by atoms with Crippen molar-refractivity contribution in [3.8, 4) is 16.9 Å². The van der Waals surface area contributed by atoms with Crippen LogP contribution in [0.2, 0.25) is 0 Å². The van der Waals surface area contributed by atoms with E-state index in [9.17, 15) is 19.8 Å². The largest absolute Gasteiger partial charge is 0.496 e. The maximum Gasteiger partial charge on any atom is 0.251 e. The SMILES string of the molecule is COc1c(-c2cc(C(=O)N[C@@H](Cc3ccccc3)CN(C)C)cc(N(C)C)c2)ccc(F)c1CN1O[C@@H](CO)[C@@H]([C@H](C)O)[C@H]1C(=O)N[C@H]1C[C@H]2C[C@@H]([C@@H]1C)C2(C)C. The van der Waals surface area contributed by atoms with Gasteiger partial charge in [-0.15, -0.1) is 0 Å². The third-order valence-electron chi connectivity index (χ3n) is 13.0. The van der Waals surface area contributed by atoms with Crippen molar-refractivity contribution in [2.45, 2.75) is 83.8 Å². The second kappa shape index (κ2) is 17.4. The molecule has 7 rings (SSSR count). The molecule has 12 heteroatoms. The number of rotatable bonds is 15. The fourth-order valence-electron chi connectivity index (χ4n) is 9.78. The molecule has 4 aliphatic rings. The number of benzene rings is 3. The lowest BCUT2D eigenvalue weighted by molar-refractivity contribution is -0.183. The summed E-state index contributed by atoms with van der Waals surface area (Å²) in [4.78, 5) is 38.4. The van der Waals surface area contributed by atoms with Crippen molar-refractivity contribution in [1.29, 1.82) is 0 Å². The zero-order valence-electron chi connectivity index (χ0n) is 35.0. The van der Waals surface area contributed by atoms with Crippen molar-refractivity contribution in [1.82, 2.24) is 20.6 Å². The molecular weight excluding hydrogens is 726 g/mol. The second-order valence-corrected chi connectivity index (χ2v) is 17.6. The van der Waals surface area contributed by atoms with Crippen LogP contribution < -0.4 is 20.3 Å². The van der Waals surface area contributed by atoms with Crippen LogP contribution in [0, 0.1) is 34.9 Å². The number of ether oxygens (including phenoxy) is 1. The van der Waals surface area contributed by atoms with Gasteiger partial charge in [0.05, 0.1) is 26.4 Å². The van der Waals surface area contributed by atoms with Crippen LogP contribution in [-0.2, 0) is 22.6 Å². The van der Waals surface area contributed by atoms with E-state index in [0.29, 0.717) is 41.5 Å². The first-order chi connectivity index (χ1) is 27.0. The summed E-state index contributed by atoms with van der Waals surface area (Å²) < 4.78 is 22.0. The van der Waals surface area contributed by atoms with Crippen LogP contribution in [-0.4, -0.2) is 111 Å². The number of amides is 2. The van der Waals surface area contributed by atoms with E-state index in [0.717, 1.165) is 24.1 Å². The summed E-state index contributed by atoms with van der Waals surface area (Å²) >= 11 is 0. The highest BCUT2D eigenvalue weighted by atomic mass is 19.1. The number of hydroxylamine groups is 2. The predicted molar refractivity (Wildman–Crippen MR) is 220 cm³/mol. The molecule has 0 unspecified atom stereocenters. The molecule has 3 saturated carbocycles. The molecule has 1 saturated heterocycles. The number of fused-ring (bicyclic) bond motifs is 2. The molecule has 3 aromatic rings. The van der Waals surface area contributed by atoms with Crippen LogP contribution in [0.15, 0.2) is 60.7 Å². The molecule has 3 aromatic carbocycles. The van der Waals surface area contributed by atoms with E-state index < -0.39 is 36.6 Å². The summed E-state index contributed by atoms with van der Waals surface area (Å²) in [5.41, 5.74) is 3.87. The Labute approximate surface area is 337 Å². The van der Waals surface area contributed by atoms with Crippen molar-refractivity contribution in [3.05, 3.63) is 83.2 Å². The van der Waals surface area contributed by atoms with Crippen LogP contribution in [0.3, 0.4) is 0 Å². The molecule has 11 nitrogen and oxygen atoms in total. The lowest BCUT2D eigenvalue weighted by atomic mass is 9.45. The molecule has 2 bridgehead atoms. The van der Waals surface area contributed by atoms with E-state index >= 15 is 4.39 Å². The van der Waals surface area contributed by atoms with Gasteiger partial charge in [0.2, 0.25) is 5.91 Å². The molecule has 4 fully saturated rings. The van der Waals surface area contributed by atoms with Crippen molar-refractivity contribution in [2.75, 3.05) is 53.4 Å². The number of aliphatic hydroxyl groups excluding tert-OH is 2. The normalized spacial score (nSPS) is 26.4. The van der Waals surface area contributed by atoms with Crippen LogP contribution in [0.25, 0.3) is 11.1 Å². The highest BCUT2D eigenvalue weighted by molar-refractivity contribution is 5.97. The lowest BCUT2D eigenvalue weighted by Gasteiger charge is -2.62. The standard InChI is InChI=1S/C45H62FN5O6/c1-26-36-21-31(45(36,3)4)22-38(26)48-44(55)41-40(27(2)53)39(25-52)57-51(41)24-35-37(46)16-15-34(42(35)56-9)29-18-30(20-33(19-29)50(7)8)43(54)47-32(23-49(5)6)17-28-13-11-10-12-14-28/h10-16,18-20,26-27,31-32,36,38-41,52-53H,17,21-25H2,1-9H3,(H,47,54)(H,48,55)/t26-,27-,31+,32-,36-,38-,39-,40+,41-/m0/s1. The van der Waals surface area contributed by atoms with E-state index in [2.05, 4.69) is 31.4 Å². The number of likely N-dealkylation sites (N-methyl/N-ethyl adjacent to an activating group) is 1. The van der Waals surface area contributed by atoms with Gasteiger partial charge in [0.25, 0.3) is 5.91 Å². The Bertz CT molecular complexity index is 1890. The predicted octanol–water partition coefficient (Wildman–Crippen LogP) is 5.13. The van der Waals surface area contributed by atoms with Gasteiger partial charge in [-0.25, -0.2) is 4.39 Å². The van der Waals surface area contributed by atoms with E-state index in [1.54, 1.807) is 19.1 Å². The third kappa shape index (κ3) is 8.85. The number of methoxy groups -OCH3 is 1. The van der Waals surface area contributed by atoms with E-state index in [4.69, 9.17) is 9.57 Å². The molecule has 57 heavy (non-hydrogen) atoms. The molecule has 0 spiro atoms. The average Bonchev–Trinajstić information content (AvgIpc) is 3.54. The number of hydrogen-bond donors (Lipinski definition) is 4. The zero-order chi connectivity index (χ0) is 41.3. The minimum Gasteiger partial charge on any atom is -0.496 e. The smallest absolute Gasteiger partial charge is 0.251 e. The van der Waals surface area contributed by atoms with Gasteiger partial charge in [-0.05, 0) is 105 Å². The fourth-order valence-corrected chi connectivity index (χ4v) is 9.78. The first kappa shape index (κ1) is 42.5. The highest BCUT2D eigenvalue weighted by Crippen LogP contribution is 2.61. The summed E-state index contributed by atoms with van der Waals surface area (Å²) in [6, 6.07) is 17.3. The van der Waals surface area contributed by atoms with Gasteiger partial charge in [-0.3, -0.25) is 14.4 Å². The number of anilines is 1. The minimum atomic E-state index is -1.01. The van der Waals surface area contributed by atoms with Crippen LogP contribution in [0.4, 0.5) is 10.1 Å². The fraction of sp³-hybridized carbons (Fsp3) is 0.556. The molecule has 4 N–H and O–H groups in total. The van der Waals surface area contributed by atoms with Gasteiger partial charge in [-0.2, -0.15) is 5.06 Å². The highest BCUT2D eigenvalue weighted by Gasteiger charge is 2.57. The van der Waals surface area contributed by atoms with Crippen LogP contribution in [0.5, 0.6) is 5.75 Å². The summed E-state index contributed by atoms with van der Waals surface area (Å²) in [6.45, 7) is 8.39. The molecule has 310 valence electrons. The number of hydrogen-bond acceptors (Lipinski definition) is 9. The summed E-state index contributed by atoms with van der Waals surface area (Å²) in [5, 5.41) is 29.2. The Hall–Kier alpha value is -4.07. The average molecular weight is 788 g/mol. The number of nitrogens with one attached hydrogen (secondary N) is 2. The first-order valence-corrected chi connectivity index (χ1v) is 20.2. The number of aliphatic hydroxyl groups is 2. The molecule has 3 aliphatic carbocycles. The molecule has 1 heterocycles. The second-order valence-electron chi connectivity index (χ2n) is 17.6. The molecule has 2 amide bonds. The molecule has 0 aromatic heterocycles. The lowest BCUT2D eigenvalue weighted by Crippen LogP contribution is -2.62. The summed E-state index contributed by atoms with van der Waals surface area (Å²) in [7, 11) is 9.19. The first-order valence-electron chi connectivity index (χ1n) is 20.2. The third-order valence-corrected chi connectivity index (χ3v) is 13.0. The Morgan fingerprint density at radius 3 is 2.39 bits per heavy atom. The Morgan fingerprint density at radius 2 is 1.79 bits per heavy atom. The number of nitrogens with zero attached hydrogens (tertiary/aromatic N) is 3. The summed E-state index contributed by atoms with van der Waals surface area (Å²) in [6.07, 6.45) is 0.799. The Morgan fingerprint density at radius 1 is 1.07 bits per heavy atom. The zero-order valence-corrected chi connectivity index (χ0v) is 35.0. The molecule has 0 radical (unpaired) electrons. The van der Waals surface area contributed by atoms with E-state index in [1.165, 1.54) is 18.2 Å². The van der Waals surface area contributed by atoms with Gasteiger partial charge in [-0.1, -0.05) is 51.1 Å². The van der Waals surface area contributed by atoms with Crippen LogP contribution >= 0.6 is 0 Å². The quantitative estimate of drug-likeness (QED) is 0.166. The van der Waals surface area contributed by atoms with Gasteiger partial charge in [0.15, 0.2) is 0 Å². The Balaban J connectivity index is 1.31. The van der Waals surface area contributed by atoms with E-state index in [-0.39, 0.29) is 53.1 Å². The van der Waals surface area contributed by atoms with Gasteiger partial charge < -0.3 is 35.4 Å². The minimum absolute atomic E-state index is 0.0413.